The van der Waals surface area contributed by atoms with Crippen LogP contribution in [0.1, 0.15) is 25.0 Å². The number of halogens is 3. The molecular weight excluding hydrogens is 495 g/mol. The molecule has 4 nitrogen and oxygen atoms in total. The van der Waals surface area contributed by atoms with Crippen LogP contribution in [0.25, 0.3) is 0 Å². The highest BCUT2D eigenvalue weighted by Gasteiger charge is 2.27. The molecule has 0 saturated heterocycles. The molecule has 0 heterocycles. The minimum atomic E-state index is -0.636. The number of rotatable bonds is 9. The van der Waals surface area contributed by atoms with Crippen molar-refractivity contribution in [2.45, 2.75) is 32.2 Å². The normalized spacial score (nSPS) is 11.8. The molecule has 156 valence electrons. The molecular formula is C21H23BrCl2N2O2S. The van der Waals surface area contributed by atoms with Crippen LogP contribution in [0.5, 0.6) is 0 Å². The highest BCUT2D eigenvalue weighted by Crippen LogP contribution is 2.27. The van der Waals surface area contributed by atoms with Gasteiger partial charge in [0.05, 0.1) is 5.75 Å². The number of benzene rings is 2. The zero-order valence-electron chi connectivity index (χ0n) is 16.3. The fourth-order valence-electron chi connectivity index (χ4n) is 2.68. The van der Waals surface area contributed by atoms with Crippen molar-refractivity contribution in [3.8, 4) is 0 Å². The number of likely N-dealkylation sites (N-methyl/N-ethyl adjacent to an activating group) is 1. The summed E-state index contributed by atoms with van der Waals surface area (Å²) in [6.45, 7) is 4.23. The summed E-state index contributed by atoms with van der Waals surface area (Å²) in [6.07, 6.45) is 0. The van der Waals surface area contributed by atoms with Crippen molar-refractivity contribution in [2.75, 3.05) is 12.3 Å². The first-order valence-electron chi connectivity index (χ1n) is 9.15. The van der Waals surface area contributed by atoms with E-state index in [1.54, 1.807) is 25.1 Å². The van der Waals surface area contributed by atoms with Gasteiger partial charge in [0.15, 0.2) is 0 Å². The number of nitrogens with zero attached hydrogens (tertiary/aromatic N) is 1. The Hall–Kier alpha value is -1.21. The minimum absolute atomic E-state index is 0.137. The lowest BCUT2D eigenvalue weighted by molar-refractivity contribution is -0.138. The summed E-state index contributed by atoms with van der Waals surface area (Å²) < 4.78 is 1.01. The zero-order chi connectivity index (χ0) is 21.4. The molecule has 0 aliphatic carbocycles. The van der Waals surface area contributed by atoms with E-state index in [4.69, 9.17) is 23.2 Å². The predicted octanol–water partition coefficient (Wildman–Crippen LogP) is 5.54. The lowest BCUT2D eigenvalue weighted by Gasteiger charge is -2.29. The molecule has 2 amide bonds. The van der Waals surface area contributed by atoms with Crippen LogP contribution in [0.15, 0.2) is 46.9 Å². The first kappa shape index (κ1) is 24.1. The number of amides is 2. The van der Waals surface area contributed by atoms with E-state index in [0.29, 0.717) is 27.9 Å². The molecule has 1 N–H and O–H groups in total. The SMILES string of the molecule is CCNC(=O)[C@@H](C)N(Cc1c(Cl)cccc1Cl)C(=O)CSCc1ccc(Br)cc1. The van der Waals surface area contributed by atoms with Crippen LogP contribution in [-0.2, 0) is 21.9 Å². The Morgan fingerprint density at radius 3 is 2.34 bits per heavy atom. The molecule has 0 saturated carbocycles. The van der Waals surface area contributed by atoms with E-state index >= 15 is 0 Å². The van der Waals surface area contributed by atoms with Crippen LogP contribution < -0.4 is 5.32 Å². The summed E-state index contributed by atoms with van der Waals surface area (Å²) in [6, 6.07) is 12.5. The minimum Gasteiger partial charge on any atom is -0.355 e. The first-order valence-corrected chi connectivity index (χ1v) is 11.9. The van der Waals surface area contributed by atoms with E-state index in [-0.39, 0.29) is 24.1 Å². The van der Waals surface area contributed by atoms with Gasteiger partial charge in [0.1, 0.15) is 6.04 Å². The molecule has 1 atom stereocenters. The van der Waals surface area contributed by atoms with Crippen molar-refractivity contribution >= 4 is 62.7 Å². The Bertz CT molecular complexity index is 829. The van der Waals surface area contributed by atoms with Crippen LogP contribution in [0, 0.1) is 0 Å². The smallest absolute Gasteiger partial charge is 0.242 e. The van der Waals surface area contributed by atoms with Gasteiger partial charge in [-0.1, -0.05) is 57.3 Å². The van der Waals surface area contributed by atoms with Gasteiger partial charge >= 0.3 is 0 Å². The summed E-state index contributed by atoms with van der Waals surface area (Å²) in [4.78, 5) is 26.9. The van der Waals surface area contributed by atoms with Gasteiger partial charge in [0.25, 0.3) is 0 Å². The third-order valence-corrected chi connectivity index (χ3v) is 6.54. The summed E-state index contributed by atoms with van der Waals surface area (Å²) in [5.74, 6) is 0.612. The molecule has 29 heavy (non-hydrogen) atoms. The standard InChI is InChI=1S/C21H23BrCl2N2O2S/c1-3-25-21(28)14(2)26(11-17-18(23)5-4-6-19(17)24)20(27)13-29-12-15-7-9-16(22)10-8-15/h4-10,14H,3,11-13H2,1-2H3,(H,25,28)/t14-/m1/s1. The monoisotopic (exact) mass is 516 g/mol. The van der Waals surface area contributed by atoms with Crippen LogP contribution in [0.3, 0.4) is 0 Å². The topological polar surface area (TPSA) is 49.4 Å². The summed E-state index contributed by atoms with van der Waals surface area (Å²) in [7, 11) is 0. The quantitative estimate of drug-likeness (QED) is 0.474. The predicted molar refractivity (Wildman–Crippen MR) is 125 cm³/mol. The number of carbonyl (C=O) groups excluding carboxylic acids is 2. The third-order valence-electron chi connectivity index (χ3n) is 4.32. The molecule has 8 heteroatoms. The Kier molecular flexibility index (Phi) is 9.83. The largest absolute Gasteiger partial charge is 0.355 e. The molecule has 0 aliphatic rings. The number of hydrogen-bond acceptors (Lipinski definition) is 3. The van der Waals surface area contributed by atoms with Gasteiger partial charge in [-0.15, -0.1) is 11.8 Å². The van der Waals surface area contributed by atoms with E-state index < -0.39 is 6.04 Å². The Morgan fingerprint density at radius 2 is 1.76 bits per heavy atom. The van der Waals surface area contributed by atoms with Crippen LogP contribution in [0.4, 0.5) is 0 Å². The van der Waals surface area contributed by atoms with Crippen molar-refractivity contribution in [3.05, 3.63) is 68.1 Å². The molecule has 0 spiro atoms. The second-order valence-electron chi connectivity index (χ2n) is 6.41. The van der Waals surface area contributed by atoms with Gasteiger partial charge in [-0.2, -0.15) is 0 Å². The fourth-order valence-corrected chi connectivity index (χ4v) is 4.33. The van der Waals surface area contributed by atoms with Gasteiger partial charge in [-0.05, 0) is 43.7 Å². The summed E-state index contributed by atoms with van der Waals surface area (Å²) in [5, 5.41) is 3.72. The van der Waals surface area contributed by atoms with Crippen molar-refractivity contribution < 1.29 is 9.59 Å². The number of thioether (sulfide) groups is 1. The Labute approximate surface area is 194 Å². The number of nitrogens with one attached hydrogen (secondary N) is 1. The van der Waals surface area contributed by atoms with Crippen LogP contribution in [-0.4, -0.2) is 35.1 Å². The molecule has 0 aromatic heterocycles. The number of hydrogen-bond donors (Lipinski definition) is 1. The third kappa shape index (κ3) is 7.21. The van der Waals surface area contributed by atoms with Gasteiger partial charge in [0, 0.05) is 38.9 Å². The van der Waals surface area contributed by atoms with Gasteiger partial charge in [-0.25, -0.2) is 0 Å². The average molecular weight is 518 g/mol. The van der Waals surface area contributed by atoms with E-state index in [1.807, 2.05) is 31.2 Å². The van der Waals surface area contributed by atoms with Crippen molar-refractivity contribution in [3.63, 3.8) is 0 Å². The molecule has 2 aromatic carbocycles. The molecule has 0 radical (unpaired) electrons. The van der Waals surface area contributed by atoms with Crippen LogP contribution in [0.2, 0.25) is 10.0 Å². The fraction of sp³-hybridized carbons (Fsp3) is 0.333. The maximum absolute atomic E-state index is 13.0. The molecule has 0 unspecified atom stereocenters. The van der Waals surface area contributed by atoms with E-state index in [2.05, 4.69) is 21.2 Å². The lowest BCUT2D eigenvalue weighted by atomic mass is 10.1. The highest BCUT2D eigenvalue weighted by molar-refractivity contribution is 9.10. The maximum Gasteiger partial charge on any atom is 0.242 e. The molecule has 0 aliphatic heterocycles. The molecule has 0 bridgehead atoms. The number of carbonyl (C=O) groups is 2. The second kappa shape index (κ2) is 11.8. The Balaban J connectivity index is 2.11. The van der Waals surface area contributed by atoms with Crippen molar-refractivity contribution in [2.24, 2.45) is 0 Å². The molecule has 2 rings (SSSR count). The van der Waals surface area contributed by atoms with Gasteiger partial charge in [-0.3, -0.25) is 9.59 Å². The maximum atomic E-state index is 13.0. The van der Waals surface area contributed by atoms with E-state index in [9.17, 15) is 9.59 Å². The Morgan fingerprint density at radius 1 is 1.14 bits per heavy atom. The first-order chi connectivity index (χ1) is 13.8. The van der Waals surface area contributed by atoms with E-state index in [1.165, 1.54) is 16.7 Å². The lowest BCUT2D eigenvalue weighted by Crippen LogP contribution is -2.48. The highest BCUT2D eigenvalue weighted by atomic mass is 79.9. The zero-order valence-corrected chi connectivity index (χ0v) is 20.2. The molecule has 2 aromatic rings. The van der Waals surface area contributed by atoms with Gasteiger partial charge < -0.3 is 10.2 Å². The average Bonchev–Trinajstić information content (AvgIpc) is 2.69. The molecule has 0 fully saturated rings. The van der Waals surface area contributed by atoms with Gasteiger partial charge in [0.2, 0.25) is 11.8 Å². The van der Waals surface area contributed by atoms with E-state index in [0.717, 1.165) is 10.0 Å². The van der Waals surface area contributed by atoms with Crippen LogP contribution >= 0.6 is 50.9 Å². The summed E-state index contributed by atoms with van der Waals surface area (Å²) in [5.41, 5.74) is 1.77. The summed E-state index contributed by atoms with van der Waals surface area (Å²) >= 11 is 17.5. The second-order valence-corrected chi connectivity index (χ2v) is 9.13. The van der Waals surface area contributed by atoms with Crippen molar-refractivity contribution in [1.29, 1.82) is 0 Å². The van der Waals surface area contributed by atoms with Crippen molar-refractivity contribution in [1.82, 2.24) is 10.2 Å².